The molecule has 0 radical (unpaired) electrons. The van der Waals surface area contributed by atoms with Crippen molar-refractivity contribution in [3.63, 3.8) is 0 Å². The second-order valence-corrected chi connectivity index (χ2v) is 7.04. The first-order valence-electron chi connectivity index (χ1n) is 9.11. The molecule has 2 aliphatic rings. The second-order valence-electron chi connectivity index (χ2n) is 7.04. The van der Waals surface area contributed by atoms with Gasteiger partial charge in [0.25, 0.3) is 0 Å². The van der Waals surface area contributed by atoms with E-state index >= 15 is 0 Å². The molecule has 0 spiro atoms. The fourth-order valence-electron chi connectivity index (χ4n) is 3.34. The van der Waals surface area contributed by atoms with Gasteiger partial charge in [-0.05, 0) is 38.5 Å². The monoisotopic (exact) mass is 390 g/mol. The summed E-state index contributed by atoms with van der Waals surface area (Å²) in [4.78, 5) is 35.7. The summed E-state index contributed by atoms with van der Waals surface area (Å²) in [5.74, 6) is -2.97. The van der Waals surface area contributed by atoms with Gasteiger partial charge in [0.15, 0.2) is 5.76 Å². The van der Waals surface area contributed by atoms with Gasteiger partial charge in [0.2, 0.25) is 0 Å². The summed E-state index contributed by atoms with van der Waals surface area (Å²) >= 11 is 0. The lowest BCUT2D eigenvalue weighted by Gasteiger charge is -2.28. The van der Waals surface area contributed by atoms with Crippen LogP contribution in [0.1, 0.15) is 40.5 Å². The predicted molar refractivity (Wildman–Crippen MR) is 101 cm³/mol. The number of hydrogen-bond acceptors (Lipinski definition) is 7. The Morgan fingerprint density at radius 3 is 2.61 bits per heavy atom. The highest BCUT2D eigenvalue weighted by Crippen LogP contribution is 2.36. The zero-order chi connectivity index (χ0) is 21.0. The maximum absolute atomic E-state index is 12.2. The van der Waals surface area contributed by atoms with Gasteiger partial charge in [-0.3, -0.25) is 4.79 Å². The summed E-state index contributed by atoms with van der Waals surface area (Å²) in [5.41, 5.74) is 1.81. The molecule has 28 heavy (non-hydrogen) atoms. The van der Waals surface area contributed by atoms with Crippen molar-refractivity contribution in [3.05, 3.63) is 47.3 Å². The molecule has 1 aliphatic heterocycles. The van der Waals surface area contributed by atoms with E-state index in [1.807, 2.05) is 13.0 Å². The third-order valence-corrected chi connectivity index (χ3v) is 4.85. The van der Waals surface area contributed by atoms with Crippen LogP contribution in [0.4, 0.5) is 0 Å². The zero-order valence-corrected chi connectivity index (χ0v) is 16.6. The Bertz CT molecular complexity index is 772. The SMILES string of the molecule is C=C1C(=O)O[C@@H]2/C=C(/C)[C@H](OC(C)=O)C/C=C(\C)C[C@@H](OC(=O)/C(O)=C/C)[C@@H]12. The quantitative estimate of drug-likeness (QED) is 0.260. The molecule has 0 aromatic rings. The molecule has 1 N–H and O–H groups in total. The fourth-order valence-corrected chi connectivity index (χ4v) is 3.34. The van der Waals surface area contributed by atoms with Crippen LogP contribution in [0.5, 0.6) is 0 Å². The van der Waals surface area contributed by atoms with Gasteiger partial charge in [-0.1, -0.05) is 18.2 Å². The average Bonchev–Trinajstić information content (AvgIpc) is 2.89. The maximum Gasteiger partial charge on any atom is 0.373 e. The van der Waals surface area contributed by atoms with Crippen LogP contribution in [0.2, 0.25) is 0 Å². The Morgan fingerprint density at radius 1 is 1.32 bits per heavy atom. The molecule has 1 saturated heterocycles. The molecule has 0 aromatic heterocycles. The number of esters is 3. The molecule has 152 valence electrons. The van der Waals surface area contributed by atoms with Crippen LogP contribution in [0, 0.1) is 5.92 Å². The minimum atomic E-state index is -0.873. The van der Waals surface area contributed by atoms with Crippen LogP contribution >= 0.6 is 0 Å². The molecule has 7 heteroatoms. The highest BCUT2D eigenvalue weighted by molar-refractivity contribution is 5.91. The van der Waals surface area contributed by atoms with E-state index in [0.29, 0.717) is 12.8 Å². The normalized spacial score (nSPS) is 32.2. The highest BCUT2D eigenvalue weighted by Gasteiger charge is 2.45. The minimum absolute atomic E-state index is 0.198. The van der Waals surface area contributed by atoms with E-state index < -0.39 is 47.9 Å². The first kappa shape index (κ1) is 21.5. The van der Waals surface area contributed by atoms with Crippen molar-refractivity contribution < 1.29 is 33.7 Å². The van der Waals surface area contributed by atoms with E-state index in [-0.39, 0.29) is 5.57 Å². The second kappa shape index (κ2) is 8.91. The molecule has 1 aliphatic carbocycles. The van der Waals surface area contributed by atoms with Gasteiger partial charge in [-0.25, -0.2) is 9.59 Å². The molecule has 1 fully saturated rings. The first-order chi connectivity index (χ1) is 13.1. The fraction of sp³-hybridized carbons (Fsp3) is 0.476. The van der Waals surface area contributed by atoms with Gasteiger partial charge in [0.05, 0.1) is 5.92 Å². The molecule has 7 nitrogen and oxygen atoms in total. The number of aliphatic hydroxyl groups is 1. The predicted octanol–water partition coefficient (Wildman–Crippen LogP) is 3.08. The summed E-state index contributed by atoms with van der Waals surface area (Å²) < 4.78 is 16.3. The van der Waals surface area contributed by atoms with Crippen molar-refractivity contribution in [1.82, 2.24) is 0 Å². The molecule has 1 heterocycles. The van der Waals surface area contributed by atoms with E-state index in [9.17, 15) is 19.5 Å². The average molecular weight is 390 g/mol. The van der Waals surface area contributed by atoms with E-state index in [2.05, 4.69) is 6.58 Å². The molecular weight excluding hydrogens is 364 g/mol. The molecule has 0 saturated carbocycles. The Kier molecular flexibility index (Phi) is 6.83. The Labute approximate surface area is 164 Å². The molecule has 2 rings (SSSR count). The molecule has 0 unspecified atom stereocenters. The topological polar surface area (TPSA) is 99.1 Å². The van der Waals surface area contributed by atoms with Gasteiger partial charge < -0.3 is 19.3 Å². The molecular formula is C21H26O7. The summed E-state index contributed by atoms with van der Waals surface area (Å²) in [6.07, 6.45) is 3.67. The van der Waals surface area contributed by atoms with Crippen LogP contribution in [-0.4, -0.2) is 41.3 Å². The minimum Gasteiger partial charge on any atom is -0.502 e. The molecule has 4 atom stereocenters. The van der Waals surface area contributed by atoms with Gasteiger partial charge in [0.1, 0.15) is 18.3 Å². The maximum atomic E-state index is 12.2. The third kappa shape index (κ3) is 4.91. The number of carbonyl (C=O) groups is 3. The van der Waals surface area contributed by atoms with Crippen molar-refractivity contribution in [2.24, 2.45) is 5.92 Å². The van der Waals surface area contributed by atoms with Gasteiger partial charge in [-0.2, -0.15) is 0 Å². The number of hydrogen-bond donors (Lipinski definition) is 1. The van der Waals surface area contributed by atoms with Crippen molar-refractivity contribution in [2.45, 2.75) is 58.8 Å². The lowest BCUT2D eigenvalue weighted by molar-refractivity contribution is -0.150. The summed E-state index contributed by atoms with van der Waals surface area (Å²) in [5, 5.41) is 9.66. The van der Waals surface area contributed by atoms with Crippen LogP contribution < -0.4 is 0 Å². The van der Waals surface area contributed by atoms with E-state index in [0.717, 1.165) is 11.1 Å². The van der Waals surface area contributed by atoms with Gasteiger partial charge in [0, 0.05) is 25.3 Å². The number of rotatable bonds is 3. The van der Waals surface area contributed by atoms with Crippen LogP contribution in [0.25, 0.3) is 0 Å². The summed E-state index contributed by atoms with van der Waals surface area (Å²) in [6.45, 7) is 10.3. The van der Waals surface area contributed by atoms with Crippen molar-refractivity contribution in [1.29, 1.82) is 0 Å². The highest BCUT2D eigenvalue weighted by atomic mass is 16.6. The summed E-state index contributed by atoms with van der Waals surface area (Å²) in [7, 11) is 0. The number of aliphatic hydroxyl groups excluding tert-OH is 1. The molecule has 0 bridgehead atoms. The lowest BCUT2D eigenvalue weighted by Crippen LogP contribution is -2.34. The van der Waals surface area contributed by atoms with E-state index in [1.165, 1.54) is 19.9 Å². The zero-order valence-electron chi connectivity index (χ0n) is 16.6. The number of allylic oxidation sites excluding steroid dienone is 1. The summed E-state index contributed by atoms with van der Waals surface area (Å²) in [6, 6.07) is 0. The van der Waals surface area contributed by atoms with Crippen molar-refractivity contribution in [2.75, 3.05) is 0 Å². The standard InChI is InChI=1S/C21H26O7/c1-6-15(23)21(25)28-17-9-11(2)7-8-16(26-14(5)22)12(3)10-18-19(17)13(4)20(24)27-18/h6-7,10,16-19,23H,4,8-9H2,1-3,5H3/b11-7+,12-10-,15-6-/t16-,17-,18-,19-/m1/s1. The molecule has 0 amide bonds. The molecule has 0 aromatic carbocycles. The van der Waals surface area contributed by atoms with Crippen LogP contribution in [0.3, 0.4) is 0 Å². The van der Waals surface area contributed by atoms with E-state index in [1.54, 1.807) is 13.0 Å². The largest absolute Gasteiger partial charge is 0.502 e. The van der Waals surface area contributed by atoms with Gasteiger partial charge in [-0.15, -0.1) is 0 Å². The smallest absolute Gasteiger partial charge is 0.373 e. The van der Waals surface area contributed by atoms with Crippen LogP contribution in [0.15, 0.2) is 47.3 Å². The van der Waals surface area contributed by atoms with E-state index in [4.69, 9.17) is 14.2 Å². The Balaban J connectivity index is 2.44. The van der Waals surface area contributed by atoms with Crippen molar-refractivity contribution in [3.8, 4) is 0 Å². The van der Waals surface area contributed by atoms with Gasteiger partial charge >= 0.3 is 17.9 Å². The number of fused-ring (bicyclic) bond motifs is 1. The van der Waals surface area contributed by atoms with Crippen molar-refractivity contribution >= 4 is 17.9 Å². The third-order valence-electron chi connectivity index (χ3n) is 4.85. The van der Waals surface area contributed by atoms with Crippen LogP contribution in [-0.2, 0) is 28.6 Å². The Morgan fingerprint density at radius 2 is 2.00 bits per heavy atom. The Hall–Kier alpha value is -2.83. The number of ether oxygens (including phenoxy) is 3. The number of carbonyl (C=O) groups excluding carboxylic acids is 3. The first-order valence-corrected chi connectivity index (χ1v) is 9.11. The lowest BCUT2D eigenvalue weighted by atomic mass is 9.85.